The van der Waals surface area contributed by atoms with Gasteiger partial charge in [0.05, 0.1) is 6.61 Å². The summed E-state index contributed by atoms with van der Waals surface area (Å²) in [5, 5.41) is 0. The van der Waals surface area contributed by atoms with Crippen molar-refractivity contribution >= 4 is 24.1 Å². The quantitative estimate of drug-likeness (QED) is 0.0253. The van der Waals surface area contributed by atoms with Crippen LogP contribution in [-0.2, 0) is 14.3 Å². The third-order valence-corrected chi connectivity index (χ3v) is 16.0. The number of carbonyl (C=O) groups is 2. The molecule has 4 nitrogen and oxygen atoms in total. The van der Waals surface area contributed by atoms with Crippen LogP contribution >= 0.6 is 0 Å². The van der Waals surface area contributed by atoms with Gasteiger partial charge in [0.15, 0.2) is 0 Å². The van der Waals surface area contributed by atoms with E-state index in [2.05, 4.69) is 234 Å². The summed E-state index contributed by atoms with van der Waals surface area (Å²) in [5.74, 6) is 5.27. The minimum atomic E-state index is -0.425. The van der Waals surface area contributed by atoms with Crippen molar-refractivity contribution in [1.29, 1.82) is 0 Å². The average Bonchev–Trinajstić information content (AvgIpc) is 3.52. The normalized spacial score (nSPS) is 13.2. The second kappa shape index (κ2) is 44.7. The summed E-state index contributed by atoms with van der Waals surface area (Å²) < 4.78 is 9.82. The predicted octanol–water partition coefficient (Wildman–Crippen LogP) is 23.3. The molecule has 5 aromatic carbocycles. The van der Waals surface area contributed by atoms with Crippen molar-refractivity contribution in [2.45, 2.75) is 223 Å². The third-order valence-electron chi connectivity index (χ3n) is 16.0. The Morgan fingerprint density at radius 3 is 0.838 bits per heavy atom. The highest BCUT2D eigenvalue weighted by molar-refractivity contribution is 5.83. The molecule has 0 amide bonds. The number of hydrogen-bond donors (Lipinski definition) is 0. The maximum Gasteiger partial charge on any atom is 0.335 e. The molecule has 8 unspecified atom stereocenters. The predicted molar refractivity (Wildman–Crippen MR) is 354 cm³/mol. The summed E-state index contributed by atoms with van der Waals surface area (Å²) in [4.78, 5) is 21.5. The fourth-order valence-electron chi connectivity index (χ4n) is 7.93. The van der Waals surface area contributed by atoms with Crippen molar-refractivity contribution in [3.05, 3.63) is 210 Å². The molecule has 0 fully saturated rings. The Kier molecular flexibility index (Phi) is 41.4. The van der Waals surface area contributed by atoms with E-state index in [1.807, 2.05) is 36.4 Å². The molecule has 4 heteroatoms. The number of esters is 2. The molecule has 0 aliphatic carbocycles. The van der Waals surface area contributed by atoms with E-state index in [0.29, 0.717) is 53.8 Å². The maximum absolute atomic E-state index is 10.9. The van der Waals surface area contributed by atoms with Crippen LogP contribution in [-0.4, -0.2) is 18.5 Å². The molecule has 5 rings (SSSR count). The molecule has 0 bridgehead atoms. The fraction of sp³-hybridized carbons (Fsp3) is 0.474. The van der Waals surface area contributed by atoms with Crippen LogP contribution < -0.4 is 4.74 Å². The van der Waals surface area contributed by atoms with E-state index in [-0.39, 0.29) is 5.97 Å². The second-order valence-corrected chi connectivity index (χ2v) is 21.8. The highest BCUT2D eigenvalue weighted by Crippen LogP contribution is 2.26. The summed E-state index contributed by atoms with van der Waals surface area (Å²) in [6, 6.07) is 43.1. The van der Waals surface area contributed by atoms with Crippen molar-refractivity contribution in [3.63, 3.8) is 0 Å². The molecular formula is C76H112O4. The van der Waals surface area contributed by atoms with Gasteiger partial charge >= 0.3 is 11.9 Å². The lowest BCUT2D eigenvalue weighted by atomic mass is 9.93. The summed E-state index contributed by atoms with van der Waals surface area (Å²) in [7, 11) is 0. The van der Waals surface area contributed by atoms with Crippen molar-refractivity contribution in [2.75, 3.05) is 6.61 Å². The first-order valence-electron chi connectivity index (χ1n) is 30.7. The van der Waals surface area contributed by atoms with Gasteiger partial charge < -0.3 is 9.47 Å². The molecule has 0 saturated carbocycles. The molecule has 440 valence electrons. The molecule has 8 atom stereocenters. The van der Waals surface area contributed by atoms with Crippen LogP contribution in [0.4, 0.5) is 0 Å². The van der Waals surface area contributed by atoms with Crippen LogP contribution in [0.2, 0.25) is 0 Å². The van der Waals surface area contributed by atoms with E-state index < -0.39 is 5.97 Å². The molecule has 5 aromatic rings. The summed E-state index contributed by atoms with van der Waals surface area (Å²) in [5.41, 5.74) is 12.4. The Morgan fingerprint density at radius 1 is 0.362 bits per heavy atom. The van der Waals surface area contributed by atoms with Crippen LogP contribution in [0, 0.1) is 5.92 Å². The van der Waals surface area contributed by atoms with E-state index in [4.69, 9.17) is 9.47 Å². The number of unbranched alkanes of at least 4 members (excludes halogenated alkanes) is 1. The van der Waals surface area contributed by atoms with Gasteiger partial charge in [-0.05, 0) is 167 Å². The first kappa shape index (κ1) is 74.0. The third kappa shape index (κ3) is 31.1. The largest absolute Gasteiger partial charge is 0.463 e. The highest BCUT2D eigenvalue weighted by Gasteiger charge is 2.09. The number of carbonyl (C=O) groups excluding carboxylic acids is 2. The number of hydrogen-bond acceptors (Lipinski definition) is 4. The lowest BCUT2D eigenvalue weighted by molar-refractivity contribution is -0.137. The Bertz CT molecular complexity index is 2200. The molecule has 0 aliphatic heterocycles. The highest BCUT2D eigenvalue weighted by atomic mass is 16.5. The number of ether oxygens (including phenoxy) is 2. The van der Waals surface area contributed by atoms with Gasteiger partial charge in [-0.2, -0.15) is 0 Å². The molecule has 0 heterocycles. The summed E-state index contributed by atoms with van der Waals surface area (Å²) in [6.07, 6.45) is 19.1. The number of rotatable bonds is 25. The van der Waals surface area contributed by atoms with Crippen molar-refractivity contribution in [3.8, 4) is 5.75 Å². The van der Waals surface area contributed by atoms with Crippen LogP contribution in [0.5, 0.6) is 5.75 Å². The second-order valence-electron chi connectivity index (χ2n) is 21.8. The van der Waals surface area contributed by atoms with Crippen LogP contribution in [0.25, 0.3) is 12.2 Å². The van der Waals surface area contributed by atoms with Gasteiger partial charge in [-0.15, -0.1) is 0 Å². The summed E-state index contributed by atoms with van der Waals surface area (Å²) in [6.45, 7) is 50.5. The Balaban J connectivity index is 0.000000938. The van der Waals surface area contributed by atoms with E-state index in [9.17, 15) is 9.59 Å². The monoisotopic (exact) mass is 1090 g/mol. The molecular weight excluding hydrogens is 977 g/mol. The Hall–Kier alpha value is -6.00. The van der Waals surface area contributed by atoms with Crippen molar-refractivity contribution in [1.82, 2.24) is 0 Å². The average molecular weight is 1090 g/mol. The number of benzene rings is 5. The maximum atomic E-state index is 10.9. The standard InChI is InChI=1S/2C14H22.C13H16O2.2C12H16.C11H20O2/c2*1-5-11(3)13-7-9-14(10-8-13)12(4)6-2;1-4-10(3)11-6-8-12(9-7-11)15-13(14)5-2;2*1-4-10(3)12-8-6-11(5-2)7-9-12;1-4-10(3)8-6-7-9-13-11(12)5-2/h2*7-12H,5-6H2,1-4H3;5-10H,2,4H2,1,3H3;2*5-10H,2,4H2,1,3H3;5,10H,2,4,6-9H2,1,3H3. The van der Waals surface area contributed by atoms with Gasteiger partial charge in [0.1, 0.15) is 5.75 Å². The Morgan fingerprint density at radius 2 is 0.613 bits per heavy atom. The molecule has 80 heavy (non-hydrogen) atoms. The first-order chi connectivity index (χ1) is 38.3. The minimum absolute atomic E-state index is 0.316. The van der Waals surface area contributed by atoms with Crippen molar-refractivity contribution in [2.24, 2.45) is 5.92 Å². The zero-order valence-electron chi connectivity index (χ0n) is 53.4. The molecule has 0 saturated heterocycles. The minimum Gasteiger partial charge on any atom is -0.463 e. The van der Waals surface area contributed by atoms with Crippen LogP contribution in [0.3, 0.4) is 0 Å². The van der Waals surface area contributed by atoms with E-state index in [1.54, 1.807) is 0 Å². The SMILES string of the molecule is C=CC(=O)OCCCCC(C)CC.C=CC(=O)Oc1ccc(C(C)CC)cc1.C=Cc1ccc(C(C)CC)cc1.C=Cc1ccc(C(C)CC)cc1.CCC(C)c1ccc(C(C)CC)cc1.CCC(C)c1ccc(C(C)CC)cc1. The van der Waals surface area contributed by atoms with Gasteiger partial charge in [0, 0.05) is 12.2 Å². The first-order valence-corrected chi connectivity index (χ1v) is 30.7. The van der Waals surface area contributed by atoms with E-state index in [0.717, 1.165) is 31.3 Å². The lowest BCUT2D eigenvalue weighted by Gasteiger charge is -2.12. The van der Waals surface area contributed by atoms with Gasteiger partial charge in [-0.1, -0.05) is 271 Å². The zero-order chi connectivity index (χ0) is 60.4. The smallest absolute Gasteiger partial charge is 0.335 e. The molecule has 0 radical (unpaired) electrons. The fourth-order valence-corrected chi connectivity index (χ4v) is 7.93. The van der Waals surface area contributed by atoms with Crippen LogP contribution in [0.15, 0.2) is 160 Å². The molecule has 0 aromatic heterocycles. The van der Waals surface area contributed by atoms with E-state index in [1.165, 1.54) is 108 Å². The Labute approximate surface area is 491 Å². The van der Waals surface area contributed by atoms with Gasteiger partial charge in [-0.3, -0.25) is 0 Å². The van der Waals surface area contributed by atoms with Gasteiger partial charge in [0.25, 0.3) is 0 Å². The molecule has 0 aliphatic rings. The van der Waals surface area contributed by atoms with Crippen molar-refractivity contribution < 1.29 is 19.1 Å². The molecule has 0 N–H and O–H groups in total. The zero-order valence-corrected chi connectivity index (χ0v) is 53.4. The van der Waals surface area contributed by atoms with E-state index >= 15 is 0 Å². The van der Waals surface area contributed by atoms with Crippen LogP contribution in [0.1, 0.15) is 273 Å². The topological polar surface area (TPSA) is 52.6 Å². The lowest BCUT2D eigenvalue weighted by Crippen LogP contribution is -2.03. The van der Waals surface area contributed by atoms with Gasteiger partial charge in [0.2, 0.25) is 0 Å². The summed E-state index contributed by atoms with van der Waals surface area (Å²) >= 11 is 0. The molecule has 0 spiro atoms. The van der Waals surface area contributed by atoms with Gasteiger partial charge in [-0.25, -0.2) is 9.59 Å².